The maximum Gasteiger partial charge on any atom is 0.148 e. The van der Waals surface area contributed by atoms with Crippen LogP contribution in [0.5, 0.6) is 0 Å². The lowest BCUT2D eigenvalue weighted by atomic mass is 10.3. The number of nitrogens with zero attached hydrogens (tertiary/aromatic N) is 1. The first kappa shape index (κ1) is 5.44. The molecule has 0 saturated carbocycles. The molecule has 0 radical (unpaired) electrons. The number of allylic oxidation sites excluding steroid dienone is 1. The van der Waals surface area contributed by atoms with E-state index in [1.807, 2.05) is 0 Å². The molecule has 1 unspecified atom stereocenters. The van der Waals surface area contributed by atoms with Crippen LogP contribution in [0.25, 0.3) is 0 Å². The fourth-order valence-corrected chi connectivity index (χ4v) is 0.489. The van der Waals surface area contributed by atoms with Crippen molar-refractivity contribution in [1.29, 1.82) is 0 Å². The van der Waals surface area contributed by atoms with Crippen molar-refractivity contribution in [2.24, 2.45) is 4.99 Å². The number of halogens is 1. The van der Waals surface area contributed by atoms with Crippen LogP contribution in [0.3, 0.4) is 0 Å². The van der Waals surface area contributed by atoms with Gasteiger partial charge in [-0.25, -0.2) is 4.39 Å². The molecule has 3 heteroatoms. The number of rotatable bonds is 0. The monoisotopic (exact) mass is 115 g/mol. The second kappa shape index (κ2) is 2.05. The van der Waals surface area contributed by atoms with Gasteiger partial charge in [-0.1, -0.05) is 0 Å². The Labute approximate surface area is 46.4 Å². The van der Waals surface area contributed by atoms with Crippen LogP contribution >= 0.6 is 0 Å². The van der Waals surface area contributed by atoms with Gasteiger partial charge in [-0.2, -0.15) is 0 Å². The minimum Gasteiger partial charge on any atom is -0.371 e. The van der Waals surface area contributed by atoms with Crippen LogP contribution in [0.4, 0.5) is 4.39 Å². The normalized spacial score (nSPS) is 27.8. The minimum atomic E-state index is -0.727. The van der Waals surface area contributed by atoms with E-state index in [1.54, 1.807) is 0 Å². The van der Waals surface area contributed by atoms with Crippen LogP contribution in [0, 0.1) is 0 Å². The zero-order valence-electron chi connectivity index (χ0n) is 4.21. The molecule has 0 bridgehead atoms. The Hall–Kier alpha value is -0.700. The Kier molecular flexibility index (Phi) is 1.39. The summed E-state index contributed by atoms with van der Waals surface area (Å²) in [5.74, 6) is -0.365. The molecular formula is C5H6FNO. The summed E-state index contributed by atoms with van der Waals surface area (Å²) >= 11 is 0. The van der Waals surface area contributed by atoms with Crippen molar-refractivity contribution in [2.75, 3.05) is 0 Å². The Bertz CT molecular complexity index is 141. The van der Waals surface area contributed by atoms with Crippen molar-refractivity contribution in [2.45, 2.75) is 12.6 Å². The third-order valence-corrected chi connectivity index (χ3v) is 0.894. The van der Waals surface area contributed by atoms with Crippen molar-refractivity contribution < 1.29 is 9.50 Å². The number of dihydropyridines is 1. The van der Waals surface area contributed by atoms with E-state index < -0.39 is 6.23 Å². The van der Waals surface area contributed by atoms with Crippen LogP contribution in [-0.2, 0) is 0 Å². The average Bonchev–Trinajstić information content (AvgIpc) is 1.77. The van der Waals surface area contributed by atoms with Gasteiger partial charge in [-0.3, -0.25) is 4.99 Å². The first-order valence-corrected chi connectivity index (χ1v) is 2.36. The van der Waals surface area contributed by atoms with E-state index >= 15 is 0 Å². The van der Waals surface area contributed by atoms with Crippen molar-refractivity contribution in [1.82, 2.24) is 0 Å². The van der Waals surface area contributed by atoms with Gasteiger partial charge in [0, 0.05) is 6.42 Å². The molecule has 1 aliphatic rings. The van der Waals surface area contributed by atoms with Gasteiger partial charge < -0.3 is 5.11 Å². The third-order valence-electron chi connectivity index (χ3n) is 0.894. The molecule has 1 heterocycles. The molecule has 0 saturated heterocycles. The lowest BCUT2D eigenvalue weighted by molar-refractivity contribution is 0.186. The molecule has 0 aromatic heterocycles. The van der Waals surface area contributed by atoms with Crippen LogP contribution in [0.2, 0.25) is 0 Å². The van der Waals surface area contributed by atoms with Gasteiger partial charge in [0.1, 0.15) is 12.1 Å². The lowest BCUT2D eigenvalue weighted by Crippen LogP contribution is -2.04. The lowest BCUT2D eigenvalue weighted by Gasteiger charge is -2.03. The minimum absolute atomic E-state index is 0.294. The molecule has 1 N–H and O–H groups in total. The maximum atomic E-state index is 12.0. The van der Waals surface area contributed by atoms with Crippen molar-refractivity contribution in [3.05, 3.63) is 11.9 Å². The second-order valence-corrected chi connectivity index (χ2v) is 1.58. The first-order valence-electron chi connectivity index (χ1n) is 2.36. The highest BCUT2D eigenvalue weighted by molar-refractivity contribution is 5.76. The molecule has 1 rings (SSSR count). The zero-order chi connectivity index (χ0) is 5.98. The molecule has 44 valence electrons. The van der Waals surface area contributed by atoms with E-state index in [2.05, 4.69) is 4.99 Å². The molecule has 0 amide bonds. The highest BCUT2D eigenvalue weighted by atomic mass is 19.1. The Balaban J connectivity index is 2.58. The molecule has 0 spiro atoms. The molecule has 0 fully saturated rings. The van der Waals surface area contributed by atoms with Crippen molar-refractivity contribution in [3.63, 3.8) is 0 Å². The topological polar surface area (TPSA) is 32.6 Å². The SMILES string of the molecule is OC1CC=C(F)C=N1. The molecule has 2 nitrogen and oxygen atoms in total. The van der Waals surface area contributed by atoms with Crippen LogP contribution in [0.1, 0.15) is 6.42 Å². The quantitative estimate of drug-likeness (QED) is 0.493. The van der Waals surface area contributed by atoms with Crippen LogP contribution in [-0.4, -0.2) is 17.5 Å². The van der Waals surface area contributed by atoms with E-state index in [0.29, 0.717) is 6.42 Å². The summed E-state index contributed by atoms with van der Waals surface area (Å²) < 4.78 is 12.0. The highest BCUT2D eigenvalue weighted by Gasteiger charge is 2.02. The maximum absolute atomic E-state index is 12.0. The van der Waals surface area contributed by atoms with Gasteiger partial charge in [0.25, 0.3) is 0 Å². The smallest absolute Gasteiger partial charge is 0.148 e. The Morgan fingerprint density at radius 1 is 1.88 bits per heavy atom. The van der Waals surface area contributed by atoms with Crippen LogP contribution < -0.4 is 0 Å². The third kappa shape index (κ3) is 1.13. The van der Waals surface area contributed by atoms with Gasteiger partial charge in [0.2, 0.25) is 0 Å². The fraction of sp³-hybridized carbons (Fsp3) is 0.400. The van der Waals surface area contributed by atoms with Crippen LogP contribution in [0.15, 0.2) is 16.9 Å². The van der Waals surface area contributed by atoms with Gasteiger partial charge >= 0.3 is 0 Å². The number of aliphatic hydroxyl groups is 1. The standard InChI is InChI=1S/C5H6FNO/c6-4-1-2-5(8)7-3-4/h1,3,5,8H,2H2. The summed E-state index contributed by atoms with van der Waals surface area (Å²) in [5.41, 5.74) is 0. The molecule has 0 aromatic carbocycles. The van der Waals surface area contributed by atoms with E-state index in [1.165, 1.54) is 6.08 Å². The highest BCUT2D eigenvalue weighted by Crippen LogP contribution is 2.05. The van der Waals surface area contributed by atoms with Gasteiger partial charge in [0.05, 0.1) is 6.21 Å². The summed E-state index contributed by atoms with van der Waals surface area (Å²) in [6, 6.07) is 0. The van der Waals surface area contributed by atoms with Gasteiger partial charge in [-0.05, 0) is 6.08 Å². The van der Waals surface area contributed by atoms with E-state index in [4.69, 9.17) is 5.11 Å². The zero-order valence-corrected chi connectivity index (χ0v) is 4.21. The van der Waals surface area contributed by atoms with E-state index in [0.717, 1.165) is 6.21 Å². The number of hydrogen-bond donors (Lipinski definition) is 1. The fourth-order valence-electron chi connectivity index (χ4n) is 0.489. The first-order chi connectivity index (χ1) is 3.79. The van der Waals surface area contributed by atoms with Crippen molar-refractivity contribution in [3.8, 4) is 0 Å². The molecule has 1 atom stereocenters. The molecule has 1 aliphatic heterocycles. The molecular weight excluding hydrogens is 109 g/mol. The summed E-state index contributed by atoms with van der Waals surface area (Å²) in [4.78, 5) is 3.40. The summed E-state index contributed by atoms with van der Waals surface area (Å²) in [6.45, 7) is 0. The Morgan fingerprint density at radius 3 is 3.00 bits per heavy atom. The van der Waals surface area contributed by atoms with Gasteiger partial charge in [-0.15, -0.1) is 0 Å². The molecule has 0 aliphatic carbocycles. The van der Waals surface area contributed by atoms with E-state index in [9.17, 15) is 4.39 Å². The predicted octanol–water partition coefficient (Wildman–Crippen LogP) is 0.633. The summed E-state index contributed by atoms with van der Waals surface area (Å²) in [6.07, 6.45) is 1.89. The number of hydrogen-bond acceptors (Lipinski definition) is 2. The number of aliphatic hydroxyl groups excluding tert-OH is 1. The Morgan fingerprint density at radius 2 is 2.62 bits per heavy atom. The average molecular weight is 115 g/mol. The van der Waals surface area contributed by atoms with Crippen molar-refractivity contribution >= 4 is 6.21 Å². The summed E-state index contributed by atoms with van der Waals surface area (Å²) in [5, 5.41) is 8.62. The second-order valence-electron chi connectivity index (χ2n) is 1.58. The summed E-state index contributed by atoms with van der Waals surface area (Å²) in [7, 11) is 0. The number of aliphatic imine (C=N–C) groups is 1. The largest absolute Gasteiger partial charge is 0.371 e. The molecule has 8 heavy (non-hydrogen) atoms. The predicted molar refractivity (Wildman–Crippen MR) is 28.3 cm³/mol. The molecule has 0 aromatic rings. The van der Waals surface area contributed by atoms with E-state index in [-0.39, 0.29) is 5.83 Å². The van der Waals surface area contributed by atoms with Gasteiger partial charge in [0.15, 0.2) is 0 Å².